The summed E-state index contributed by atoms with van der Waals surface area (Å²) in [6, 6.07) is 19.0. The Balaban J connectivity index is 1.57. The van der Waals surface area contributed by atoms with Gasteiger partial charge in [-0.05, 0) is 48.9 Å². The summed E-state index contributed by atoms with van der Waals surface area (Å²) in [5.74, 6) is -0.241. The maximum absolute atomic E-state index is 12.2. The first kappa shape index (κ1) is 17.9. The number of halogens is 1. The lowest BCUT2D eigenvalue weighted by Crippen LogP contribution is -2.08. The Labute approximate surface area is 167 Å². The van der Waals surface area contributed by atoms with Crippen molar-refractivity contribution in [1.82, 2.24) is 14.8 Å². The molecule has 0 saturated carbocycles. The smallest absolute Gasteiger partial charge is 0.248 e. The van der Waals surface area contributed by atoms with Crippen LogP contribution in [0.5, 0.6) is 0 Å². The fourth-order valence-corrected chi connectivity index (χ4v) is 3.13. The number of hydrogen-bond donors (Lipinski definition) is 1. The molecule has 0 spiro atoms. The quantitative estimate of drug-likeness (QED) is 0.498. The molecule has 0 unspecified atom stereocenters. The average molecular weight is 389 g/mol. The van der Waals surface area contributed by atoms with Gasteiger partial charge >= 0.3 is 0 Å². The van der Waals surface area contributed by atoms with Crippen LogP contribution in [0.4, 0.5) is 5.69 Å². The molecule has 4 rings (SSSR count). The van der Waals surface area contributed by atoms with Crippen molar-refractivity contribution in [3.05, 3.63) is 89.2 Å². The lowest BCUT2D eigenvalue weighted by Gasteiger charge is -2.04. The molecule has 2 aromatic carbocycles. The Hall–Kier alpha value is -3.44. The molecule has 0 atom stereocenters. The highest BCUT2D eigenvalue weighted by Crippen LogP contribution is 2.23. The molecule has 1 N–H and O–H groups in total. The van der Waals surface area contributed by atoms with E-state index in [0.717, 1.165) is 28.0 Å². The molecule has 28 heavy (non-hydrogen) atoms. The summed E-state index contributed by atoms with van der Waals surface area (Å²) < 4.78 is 1.80. The van der Waals surface area contributed by atoms with Crippen LogP contribution < -0.4 is 5.32 Å². The summed E-state index contributed by atoms with van der Waals surface area (Å²) in [5.41, 5.74) is 4.00. The molecular formula is C22H17ClN4O. The molecule has 0 aliphatic rings. The molecule has 2 aromatic heterocycles. The van der Waals surface area contributed by atoms with E-state index in [2.05, 4.69) is 15.4 Å². The van der Waals surface area contributed by atoms with Gasteiger partial charge in [-0.25, -0.2) is 9.67 Å². The number of para-hydroxylation sites is 1. The number of anilines is 1. The molecule has 0 bridgehead atoms. The normalized spacial score (nSPS) is 11.2. The third kappa shape index (κ3) is 3.80. The summed E-state index contributed by atoms with van der Waals surface area (Å²) in [6.45, 7) is 1.92. The van der Waals surface area contributed by atoms with Crippen LogP contribution in [0.15, 0.2) is 72.9 Å². The second-order valence-electron chi connectivity index (χ2n) is 6.31. The number of aryl methyl sites for hydroxylation is 1. The summed E-state index contributed by atoms with van der Waals surface area (Å²) in [7, 11) is 0. The summed E-state index contributed by atoms with van der Waals surface area (Å²) in [6.07, 6.45) is 4.82. The van der Waals surface area contributed by atoms with E-state index in [9.17, 15) is 4.79 Å². The van der Waals surface area contributed by atoms with E-state index in [-0.39, 0.29) is 5.91 Å². The van der Waals surface area contributed by atoms with Gasteiger partial charge in [0.2, 0.25) is 5.91 Å². The molecule has 0 aliphatic carbocycles. The third-order valence-corrected chi connectivity index (χ3v) is 4.49. The zero-order chi connectivity index (χ0) is 19.5. The van der Waals surface area contributed by atoms with Gasteiger partial charge in [-0.1, -0.05) is 41.9 Å². The van der Waals surface area contributed by atoms with Crippen LogP contribution in [0.25, 0.3) is 22.8 Å². The maximum Gasteiger partial charge on any atom is 0.248 e. The van der Waals surface area contributed by atoms with Gasteiger partial charge in [0.15, 0.2) is 5.65 Å². The summed E-state index contributed by atoms with van der Waals surface area (Å²) in [4.78, 5) is 16.7. The number of carbonyl (C=O) groups excluding carboxylic acids is 1. The average Bonchev–Trinajstić information content (AvgIpc) is 3.03. The predicted octanol–water partition coefficient (Wildman–Crippen LogP) is 5.03. The molecule has 0 fully saturated rings. The lowest BCUT2D eigenvalue weighted by atomic mass is 10.2. The summed E-state index contributed by atoms with van der Waals surface area (Å²) >= 11 is 5.96. The van der Waals surface area contributed by atoms with E-state index >= 15 is 0 Å². The van der Waals surface area contributed by atoms with Crippen molar-refractivity contribution in [2.75, 3.05) is 5.32 Å². The number of amides is 1. The van der Waals surface area contributed by atoms with Crippen molar-refractivity contribution in [1.29, 1.82) is 0 Å². The van der Waals surface area contributed by atoms with Crippen molar-refractivity contribution in [3.63, 3.8) is 0 Å². The van der Waals surface area contributed by atoms with Gasteiger partial charge in [0.1, 0.15) is 0 Å². The van der Waals surface area contributed by atoms with Crippen LogP contribution in [0.3, 0.4) is 0 Å². The number of nitrogens with one attached hydrogen (secondary N) is 1. The number of aromatic nitrogens is 3. The molecule has 4 aromatic rings. The highest BCUT2D eigenvalue weighted by atomic mass is 35.5. The fraction of sp³-hybridized carbons (Fsp3) is 0.0455. The zero-order valence-corrected chi connectivity index (χ0v) is 15.9. The minimum atomic E-state index is -0.241. The van der Waals surface area contributed by atoms with Crippen LogP contribution in [0.1, 0.15) is 11.3 Å². The maximum atomic E-state index is 12.2. The zero-order valence-electron chi connectivity index (χ0n) is 15.1. The number of nitrogens with zero attached hydrogens (tertiary/aromatic N) is 3. The van der Waals surface area contributed by atoms with E-state index in [1.54, 1.807) is 29.1 Å². The van der Waals surface area contributed by atoms with E-state index < -0.39 is 0 Å². The first-order valence-electron chi connectivity index (χ1n) is 8.75. The van der Waals surface area contributed by atoms with Crippen LogP contribution >= 0.6 is 11.6 Å². The van der Waals surface area contributed by atoms with Gasteiger partial charge < -0.3 is 5.32 Å². The number of hydrogen-bond acceptors (Lipinski definition) is 3. The Morgan fingerprint density at radius 3 is 2.71 bits per heavy atom. The number of carbonyl (C=O) groups is 1. The summed E-state index contributed by atoms with van der Waals surface area (Å²) in [5, 5.41) is 8.93. The van der Waals surface area contributed by atoms with E-state index in [1.165, 1.54) is 6.08 Å². The standard InChI is InChI=1S/C22H17ClN4O/c1-15-20-13-18(25-21(28)11-10-16-6-5-7-17(23)12-16)14-24-22(20)27(26-15)19-8-3-2-4-9-19/h2-14H,1H3,(H,25,28)/b11-10+. The largest absolute Gasteiger partial charge is 0.321 e. The van der Waals surface area contributed by atoms with Gasteiger partial charge in [0.25, 0.3) is 0 Å². The first-order chi connectivity index (χ1) is 13.6. The molecule has 2 heterocycles. The molecule has 0 saturated heterocycles. The highest BCUT2D eigenvalue weighted by Gasteiger charge is 2.11. The van der Waals surface area contributed by atoms with Crippen LogP contribution in [0, 0.1) is 6.92 Å². The van der Waals surface area contributed by atoms with Crippen LogP contribution in [-0.2, 0) is 4.79 Å². The first-order valence-corrected chi connectivity index (χ1v) is 9.13. The Bertz CT molecular complexity index is 1180. The monoisotopic (exact) mass is 388 g/mol. The molecule has 6 heteroatoms. The van der Waals surface area contributed by atoms with Gasteiger partial charge in [-0.15, -0.1) is 0 Å². The minimum Gasteiger partial charge on any atom is -0.321 e. The molecule has 0 aliphatic heterocycles. The van der Waals surface area contributed by atoms with E-state index in [0.29, 0.717) is 10.7 Å². The van der Waals surface area contributed by atoms with Crippen LogP contribution in [-0.4, -0.2) is 20.7 Å². The highest BCUT2D eigenvalue weighted by molar-refractivity contribution is 6.30. The minimum absolute atomic E-state index is 0.241. The van der Waals surface area contributed by atoms with Crippen molar-refractivity contribution in [3.8, 4) is 5.69 Å². The molecule has 1 amide bonds. The number of benzene rings is 2. The number of rotatable bonds is 4. The molecule has 0 radical (unpaired) electrons. The predicted molar refractivity (Wildman–Crippen MR) is 113 cm³/mol. The van der Waals surface area contributed by atoms with Gasteiger partial charge in [-0.2, -0.15) is 5.10 Å². The van der Waals surface area contributed by atoms with Crippen molar-refractivity contribution in [2.45, 2.75) is 6.92 Å². The van der Waals surface area contributed by atoms with Gasteiger partial charge in [0.05, 0.1) is 23.3 Å². The van der Waals surface area contributed by atoms with E-state index in [4.69, 9.17) is 11.6 Å². The fourth-order valence-electron chi connectivity index (χ4n) is 2.93. The lowest BCUT2D eigenvalue weighted by molar-refractivity contribution is -0.111. The van der Waals surface area contributed by atoms with Crippen molar-refractivity contribution < 1.29 is 4.79 Å². The third-order valence-electron chi connectivity index (χ3n) is 4.25. The van der Waals surface area contributed by atoms with Gasteiger partial charge in [-0.3, -0.25) is 4.79 Å². The topological polar surface area (TPSA) is 59.8 Å². The number of fused-ring (bicyclic) bond motifs is 1. The SMILES string of the molecule is Cc1nn(-c2ccccc2)c2ncc(NC(=O)/C=C/c3cccc(Cl)c3)cc12. The molecular weight excluding hydrogens is 372 g/mol. The molecule has 138 valence electrons. The van der Waals surface area contributed by atoms with Gasteiger partial charge in [0, 0.05) is 16.5 Å². The number of pyridine rings is 1. The second-order valence-corrected chi connectivity index (χ2v) is 6.74. The van der Waals surface area contributed by atoms with Crippen molar-refractivity contribution >= 4 is 40.3 Å². The molecule has 5 nitrogen and oxygen atoms in total. The Morgan fingerprint density at radius 1 is 1.11 bits per heavy atom. The Morgan fingerprint density at radius 2 is 1.93 bits per heavy atom. The van der Waals surface area contributed by atoms with E-state index in [1.807, 2.05) is 55.5 Å². The van der Waals surface area contributed by atoms with Crippen LogP contribution in [0.2, 0.25) is 5.02 Å². The second kappa shape index (κ2) is 7.66. The van der Waals surface area contributed by atoms with Crippen molar-refractivity contribution in [2.24, 2.45) is 0 Å². The Kier molecular flexibility index (Phi) is 4.91.